The number of amides is 1. The fourth-order valence-electron chi connectivity index (χ4n) is 2.38. The van der Waals surface area contributed by atoms with E-state index >= 15 is 0 Å². The third-order valence-corrected chi connectivity index (χ3v) is 3.97. The molecule has 4 nitrogen and oxygen atoms in total. The lowest BCUT2D eigenvalue weighted by atomic mass is 10.1. The molecule has 2 rings (SSSR count). The summed E-state index contributed by atoms with van der Waals surface area (Å²) in [5, 5.41) is 12.1. The molecular formula is C20H22N2O2. The van der Waals surface area contributed by atoms with Crippen molar-refractivity contribution in [2.45, 2.75) is 39.3 Å². The smallest absolute Gasteiger partial charge is 0.251 e. The van der Waals surface area contributed by atoms with Gasteiger partial charge in [-0.25, -0.2) is 0 Å². The predicted molar refractivity (Wildman–Crippen MR) is 93.8 cm³/mol. The first kappa shape index (κ1) is 17.6. The molecule has 0 spiro atoms. The van der Waals surface area contributed by atoms with Gasteiger partial charge in [0.2, 0.25) is 0 Å². The maximum absolute atomic E-state index is 12.2. The van der Waals surface area contributed by atoms with E-state index in [-0.39, 0.29) is 11.9 Å². The van der Waals surface area contributed by atoms with Gasteiger partial charge in [-0.05, 0) is 43.2 Å². The summed E-state index contributed by atoms with van der Waals surface area (Å²) in [7, 11) is 0. The van der Waals surface area contributed by atoms with E-state index in [4.69, 9.17) is 10.00 Å². The first-order valence-electron chi connectivity index (χ1n) is 8.19. The third-order valence-electron chi connectivity index (χ3n) is 3.97. The molecule has 0 atom stereocenters. The summed E-state index contributed by atoms with van der Waals surface area (Å²) in [4.78, 5) is 12.2. The van der Waals surface area contributed by atoms with Crippen LogP contribution in [0.1, 0.15) is 48.2 Å². The zero-order valence-electron chi connectivity index (χ0n) is 14.1. The molecule has 0 fully saturated rings. The highest BCUT2D eigenvalue weighted by Gasteiger charge is 2.10. The van der Waals surface area contributed by atoms with E-state index in [1.165, 1.54) is 0 Å². The van der Waals surface area contributed by atoms with E-state index < -0.39 is 0 Å². The van der Waals surface area contributed by atoms with Crippen molar-refractivity contribution in [3.05, 3.63) is 65.2 Å². The van der Waals surface area contributed by atoms with Crippen LogP contribution in [0.25, 0.3) is 0 Å². The number of rotatable bonds is 7. The average Bonchev–Trinajstić information content (AvgIpc) is 2.64. The standard InChI is InChI=1S/C20H22N2O2/c1-3-18(4-2)22-20(23)15-9-11-19(12-10-15)24-14-17-8-6-5-7-16(17)13-21/h5-12,18H,3-4,14H2,1-2H3,(H,22,23). The molecule has 124 valence electrons. The SMILES string of the molecule is CCC(CC)NC(=O)c1ccc(OCc2ccccc2C#N)cc1. The maximum atomic E-state index is 12.2. The molecule has 24 heavy (non-hydrogen) atoms. The second-order valence-electron chi connectivity index (χ2n) is 5.57. The van der Waals surface area contributed by atoms with Crippen molar-refractivity contribution in [3.63, 3.8) is 0 Å². The highest BCUT2D eigenvalue weighted by atomic mass is 16.5. The van der Waals surface area contributed by atoms with Crippen LogP contribution in [0.2, 0.25) is 0 Å². The highest BCUT2D eigenvalue weighted by molar-refractivity contribution is 5.94. The summed E-state index contributed by atoms with van der Waals surface area (Å²) in [6.45, 7) is 4.44. The van der Waals surface area contributed by atoms with E-state index in [2.05, 4.69) is 25.2 Å². The topological polar surface area (TPSA) is 62.1 Å². The van der Waals surface area contributed by atoms with Crippen LogP contribution in [-0.4, -0.2) is 11.9 Å². The van der Waals surface area contributed by atoms with E-state index in [0.717, 1.165) is 18.4 Å². The van der Waals surface area contributed by atoms with Crippen molar-refractivity contribution in [3.8, 4) is 11.8 Å². The summed E-state index contributed by atoms with van der Waals surface area (Å²) < 4.78 is 5.71. The molecule has 0 radical (unpaired) electrons. The van der Waals surface area contributed by atoms with Gasteiger partial charge in [0.1, 0.15) is 12.4 Å². The van der Waals surface area contributed by atoms with Gasteiger partial charge >= 0.3 is 0 Å². The quantitative estimate of drug-likeness (QED) is 0.836. The second-order valence-corrected chi connectivity index (χ2v) is 5.57. The maximum Gasteiger partial charge on any atom is 0.251 e. The number of ether oxygens (including phenoxy) is 1. The van der Waals surface area contributed by atoms with Crippen LogP contribution >= 0.6 is 0 Å². The summed E-state index contributed by atoms with van der Waals surface area (Å²) >= 11 is 0. The number of hydrogen-bond acceptors (Lipinski definition) is 3. The number of nitrogens with one attached hydrogen (secondary N) is 1. The van der Waals surface area contributed by atoms with Crippen molar-refractivity contribution in [2.75, 3.05) is 0 Å². The predicted octanol–water partition coefficient (Wildman–Crippen LogP) is 4.06. The van der Waals surface area contributed by atoms with Gasteiger partial charge in [-0.1, -0.05) is 32.0 Å². The van der Waals surface area contributed by atoms with Gasteiger partial charge in [0.15, 0.2) is 0 Å². The Balaban J connectivity index is 1.97. The normalized spacial score (nSPS) is 10.2. The molecule has 2 aromatic carbocycles. The molecule has 0 bridgehead atoms. The summed E-state index contributed by atoms with van der Waals surface area (Å²) in [5.74, 6) is 0.604. The molecule has 0 heterocycles. The van der Waals surface area contributed by atoms with Crippen LogP contribution in [-0.2, 0) is 6.61 Å². The van der Waals surface area contributed by atoms with Crippen LogP contribution in [0.15, 0.2) is 48.5 Å². The molecule has 0 aliphatic carbocycles. The van der Waals surface area contributed by atoms with E-state index in [9.17, 15) is 4.79 Å². The van der Waals surface area contributed by atoms with Crippen LogP contribution < -0.4 is 10.1 Å². The minimum absolute atomic E-state index is 0.0647. The fourth-order valence-corrected chi connectivity index (χ4v) is 2.38. The van der Waals surface area contributed by atoms with Crippen LogP contribution in [0.3, 0.4) is 0 Å². The Labute approximate surface area is 143 Å². The molecule has 0 saturated carbocycles. The number of benzene rings is 2. The number of nitrogens with zero attached hydrogens (tertiary/aromatic N) is 1. The van der Waals surface area contributed by atoms with E-state index in [1.807, 2.05) is 18.2 Å². The van der Waals surface area contributed by atoms with Gasteiger partial charge < -0.3 is 10.1 Å². The lowest BCUT2D eigenvalue weighted by Gasteiger charge is -2.15. The number of nitriles is 1. The van der Waals surface area contributed by atoms with Crippen molar-refractivity contribution in [1.29, 1.82) is 5.26 Å². The average molecular weight is 322 g/mol. The molecule has 1 amide bonds. The summed E-state index contributed by atoms with van der Waals surface area (Å²) in [6.07, 6.45) is 1.84. The van der Waals surface area contributed by atoms with Gasteiger partial charge in [-0.2, -0.15) is 5.26 Å². The number of carbonyl (C=O) groups excluding carboxylic acids is 1. The van der Waals surface area contributed by atoms with Crippen molar-refractivity contribution >= 4 is 5.91 Å². The number of hydrogen-bond donors (Lipinski definition) is 1. The van der Waals surface area contributed by atoms with Crippen LogP contribution in [0.5, 0.6) is 5.75 Å². The van der Waals surface area contributed by atoms with Gasteiger partial charge in [0.05, 0.1) is 11.6 Å². The zero-order chi connectivity index (χ0) is 17.4. The Kier molecular flexibility index (Phi) is 6.39. The van der Waals surface area contributed by atoms with Crippen LogP contribution in [0.4, 0.5) is 0 Å². The molecule has 0 aliphatic rings. The Morgan fingerprint density at radius 3 is 2.42 bits per heavy atom. The summed E-state index contributed by atoms with van der Waals surface area (Å²) in [6, 6.07) is 16.8. The van der Waals surface area contributed by atoms with E-state index in [0.29, 0.717) is 23.5 Å². The highest BCUT2D eigenvalue weighted by Crippen LogP contribution is 2.16. The second kappa shape index (κ2) is 8.73. The third kappa shape index (κ3) is 4.60. The monoisotopic (exact) mass is 322 g/mol. The van der Waals surface area contributed by atoms with E-state index in [1.54, 1.807) is 30.3 Å². The van der Waals surface area contributed by atoms with Gasteiger partial charge in [0.25, 0.3) is 5.91 Å². The largest absolute Gasteiger partial charge is 0.489 e. The minimum Gasteiger partial charge on any atom is -0.489 e. The Bertz CT molecular complexity index is 713. The molecular weight excluding hydrogens is 300 g/mol. The van der Waals surface area contributed by atoms with Crippen LogP contribution in [0, 0.1) is 11.3 Å². The minimum atomic E-state index is -0.0647. The molecule has 1 N–H and O–H groups in total. The Hall–Kier alpha value is -2.80. The van der Waals surface area contributed by atoms with Gasteiger partial charge in [-0.3, -0.25) is 4.79 Å². The fraction of sp³-hybridized carbons (Fsp3) is 0.300. The Morgan fingerprint density at radius 2 is 1.79 bits per heavy atom. The molecule has 0 saturated heterocycles. The van der Waals surface area contributed by atoms with Crippen molar-refractivity contribution < 1.29 is 9.53 Å². The molecule has 0 aromatic heterocycles. The lowest BCUT2D eigenvalue weighted by Crippen LogP contribution is -2.33. The molecule has 0 aliphatic heterocycles. The number of carbonyl (C=O) groups is 1. The van der Waals surface area contributed by atoms with Crippen molar-refractivity contribution in [1.82, 2.24) is 5.32 Å². The summed E-state index contributed by atoms with van der Waals surface area (Å²) in [5.41, 5.74) is 2.07. The molecule has 2 aromatic rings. The first-order valence-corrected chi connectivity index (χ1v) is 8.19. The first-order chi connectivity index (χ1) is 11.7. The lowest BCUT2D eigenvalue weighted by molar-refractivity contribution is 0.0935. The van der Waals surface area contributed by atoms with Gasteiger partial charge in [-0.15, -0.1) is 0 Å². The Morgan fingerprint density at radius 1 is 1.12 bits per heavy atom. The van der Waals surface area contributed by atoms with Gasteiger partial charge in [0, 0.05) is 17.2 Å². The molecule has 4 heteroatoms. The molecule has 0 unspecified atom stereocenters. The van der Waals surface area contributed by atoms with Crippen molar-refractivity contribution in [2.24, 2.45) is 0 Å². The zero-order valence-corrected chi connectivity index (χ0v) is 14.1.